The Labute approximate surface area is 169 Å². The van der Waals surface area contributed by atoms with Crippen molar-refractivity contribution >= 4 is 12.4 Å². The second-order valence-electron chi connectivity index (χ2n) is 6.17. The lowest BCUT2D eigenvalue weighted by Gasteiger charge is -2.20. The number of nitriles is 1. The lowest BCUT2D eigenvalue weighted by Crippen LogP contribution is -2.44. The number of aromatic nitrogens is 2. The van der Waals surface area contributed by atoms with Crippen molar-refractivity contribution in [2.45, 2.75) is 38.2 Å². The summed E-state index contributed by atoms with van der Waals surface area (Å²) in [5, 5.41) is 11.1. The Kier molecular flexibility index (Phi) is 8.41. The summed E-state index contributed by atoms with van der Waals surface area (Å²) in [4.78, 5) is 7.88. The molecule has 29 heavy (non-hydrogen) atoms. The molecular formula is C18H17ClF6N4. The minimum atomic E-state index is -4.53. The highest BCUT2D eigenvalue weighted by molar-refractivity contribution is 5.85. The fourth-order valence-electron chi connectivity index (χ4n) is 2.36. The van der Waals surface area contributed by atoms with Crippen LogP contribution in [0.15, 0.2) is 30.3 Å². The highest BCUT2D eigenvalue weighted by Gasteiger charge is 2.33. The van der Waals surface area contributed by atoms with Gasteiger partial charge in [-0.3, -0.25) is 5.32 Å². The predicted molar refractivity (Wildman–Crippen MR) is 96.3 cm³/mol. The van der Waals surface area contributed by atoms with E-state index in [1.54, 1.807) is 6.07 Å². The Balaban J connectivity index is 0.00000420. The normalized spacial score (nSPS) is 13.5. The Morgan fingerprint density at radius 2 is 1.83 bits per heavy atom. The number of halogens is 7. The summed E-state index contributed by atoms with van der Waals surface area (Å²) in [5.74, 6) is -3.06. The predicted octanol–water partition coefficient (Wildman–Crippen LogP) is 4.93. The first-order chi connectivity index (χ1) is 13.0. The third-order valence-corrected chi connectivity index (χ3v) is 3.86. The molecule has 1 heterocycles. The van der Waals surface area contributed by atoms with Gasteiger partial charge in [-0.2, -0.15) is 18.4 Å². The molecule has 0 saturated carbocycles. The summed E-state index contributed by atoms with van der Waals surface area (Å²) in [6, 6.07) is 7.61. The zero-order valence-corrected chi connectivity index (χ0v) is 15.9. The minimum Gasteiger partial charge on any atom is -0.281 e. The quantitative estimate of drug-likeness (QED) is 0.378. The van der Waals surface area contributed by atoms with E-state index in [0.717, 1.165) is 19.1 Å². The maximum atomic E-state index is 13.5. The molecular weight excluding hydrogens is 422 g/mol. The molecule has 0 aliphatic rings. The van der Waals surface area contributed by atoms with Gasteiger partial charge in [-0.15, -0.1) is 12.4 Å². The minimum absolute atomic E-state index is 0. The number of benzene rings is 1. The lowest BCUT2D eigenvalue weighted by atomic mass is 10.1. The Morgan fingerprint density at radius 1 is 1.14 bits per heavy atom. The maximum absolute atomic E-state index is 13.5. The van der Waals surface area contributed by atoms with Gasteiger partial charge in [0.05, 0.1) is 11.3 Å². The molecule has 1 aromatic heterocycles. The molecule has 0 bridgehead atoms. The molecule has 1 atom stereocenters. The second kappa shape index (κ2) is 9.89. The molecule has 158 valence electrons. The van der Waals surface area contributed by atoms with Crippen LogP contribution in [0.25, 0.3) is 11.3 Å². The topological polar surface area (TPSA) is 61.6 Å². The first-order valence-corrected chi connectivity index (χ1v) is 8.20. The van der Waals surface area contributed by atoms with Crippen LogP contribution in [0.2, 0.25) is 0 Å². The van der Waals surface area contributed by atoms with Crippen molar-refractivity contribution in [3.05, 3.63) is 47.4 Å². The van der Waals surface area contributed by atoms with Crippen LogP contribution in [-0.2, 0) is 12.6 Å². The van der Waals surface area contributed by atoms with Crippen LogP contribution in [0.4, 0.5) is 26.3 Å². The molecule has 0 saturated heterocycles. The second-order valence-corrected chi connectivity index (χ2v) is 6.17. The van der Waals surface area contributed by atoms with E-state index in [1.807, 2.05) is 0 Å². The third kappa shape index (κ3) is 6.87. The van der Waals surface area contributed by atoms with Gasteiger partial charge >= 0.3 is 6.18 Å². The summed E-state index contributed by atoms with van der Waals surface area (Å²) in [6.45, 7) is 0.643. The van der Waals surface area contributed by atoms with Crippen LogP contribution in [-0.4, -0.2) is 28.7 Å². The van der Waals surface area contributed by atoms with Gasteiger partial charge in [-0.05, 0) is 44.5 Å². The molecule has 2 aromatic rings. The summed E-state index contributed by atoms with van der Waals surface area (Å²) in [7, 11) is 0. The number of aryl methyl sites for hydroxylation is 1. The van der Waals surface area contributed by atoms with E-state index in [0.29, 0.717) is 5.69 Å². The summed E-state index contributed by atoms with van der Waals surface area (Å²) < 4.78 is 77.0. The van der Waals surface area contributed by atoms with Gasteiger partial charge in [0.1, 0.15) is 6.07 Å². The molecule has 4 nitrogen and oxygen atoms in total. The van der Waals surface area contributed by atoms with Crippen molar-refractivity contribution < 1.29 is 26.3 Å². The molecule has 1 unspecified atom stereocenters. The summed E-state index contributed by atoms with van der Waals surface area (Å²) >= 11 is 0. The van der Waals surface area contributed by atoms with Crippen molar-refractivity contribution in [2.75, 3.05) is 6.54 Å². The maximum Gasteiger partial charge on any atom is 0.416 e. The molecule has 1 N–H and O–H groups in total. The lowest BCUT2D eigenvalue weighted by molar-refractivity contribution is -0.137. The number of hydrogen-bond donors (Lipinski definition) is 1. The fraction of sp³-hybridized carbons (Fsp3) is 0.389. The first kappa shape index (κ1) is 24.7. The number of rotatable bonds is 7. The van der Waals surface area contributed by atoms with Crippen molar-refractivity contribution in [3.63, 3.8) is 0 Å². The molecule has 0 radical (unpaired) electrons. The van der Waals surface area contributed by atoms with Gasteiger partial charge < -0.3 is 0 Å². The van der Waals surface area contributed by atoms with Gasteiger partial charge in [-0.25, -0.2) is 23.1 Å². The van der Waals surface area contributed by atoms with Crippen LogP contribution in [0, 0.1) is 11.3 Å². The summed E-state index contributed by atoms with van der Waals surface area (Å²) in [6.07, 6.45) is -7.31. The van der Waals surface area contributed by atoms with Crippen molar-refractivity contribution in [2.24, 2.45) is 0 Å². The average molecular weight is 439 g/mol. The monoisotopic (exact) mass is 438 g/mol. The van der Waals surface area contributed by atoms with E-state index in [2.05, 4.69) is 15.3 Å². The molecule has 2 rings (SSSR count). The highest BCUT2D eigenvalue weighted by Crippen LogP contribution is 2.31. The van der Waals surface area contributed by atoms with E-state index >= 15 is 0 Å². The van der Waals surface area contributed by atoms with E-state index in [-0.39, 0.29) is 48.9 Å². The van der Waals surface area contributed by atoms with E-state index in [1.165, 1.54) is 18.2 Å². The highest BCUT2D eigenvalue weighted by atomic mass is 35.5. The molecule has 1 aromatic carbocycles. The molecule has 0 aliphatic heterocycles. The Bertz CT molecular complexity index is 864. The van der Waals surface area contributed by atoms with Crippen molar-refractivity contribution in [1.29, 1.82) is 5.26 Å². The van der Waals surface area contributed by atoms with E-state index in [9.17, 15) is 26.3 Å². The van der Waals surface area contributed by atoms with Crippen LogP contribution in [0.5, 0.6) is 0 Å². The molecule has 0 aliphatic carbocycles. The van der Waals surface area contributed by atoms with Gasteiger partial charge in [0.25, 0.3) is 6.43 Å². The molecule has 0 fully saturated rings. The third-order valence-electron chi connectivity index (χ3n) is 3.86. The van der Waals surface area contributed by atoms with Crippen molar-refractivity contribution in [1.82, 2.24) is 15.3 Å². The number of hydrogen-bond acceptors (Lipinski definition) is 4. The van der Waals surface area contributed by atoms with Crippen LogP contribution in [0.1, 0.15) is 30.4 Å². The standard InChI is InChI=1S/C18H16F6N4.ClH/c1-17(21,16(19)20)26-7-3-6-13-9-14(28-15(10-25)27-13)11-4-2-5-12(8-11)18(22,23)24;/h2,4-5,8-9,16,26H,3,6-7H2,1H3;1H. The SMILES string of the molecule is CC(F)(NCCCc1cc(-c2cccc(C(F)(F)F)c2)nc(C#N)n1)C(F)F.Cl. The number of nitrogens with one attached hydrogen (secondary N) is 1. The van der Waals surface area contributed by atoms with E-state index < -0.39 is 24.0 Å². The Hall–Kier alpha value is -2.38. The van der Waals surface area contributed by atoms with E-state index in [4.69, 9.17) is 5.26 Å². The molecule has 0 amide bonds. The van der Waals surface area contributed by atoms with Gasteiger partial charge in [0.2, 0.25) is 11.6 Å². The fourth-order valence-corrected chi connectivity index (χ4v) is 2.36. The zero-order valence-electron chi connectivity index (χ0n) is 15.1. The van der Waals surface area contributed by atoms with Crippen LogP contribution >= 0.6 is 12.4 Å². The number of alkyl halides is 6. The van der Waals surface area contributed by atoms with Crippen molar-refractivity contribution in [3.8, 4) is 17.3 Å². The Morgan fingerprint density at radius 3 is 2.41 bits per heavy atom. The first-order valence-electron chi connectivity index (χ1n) is 8.20. The van der Waals surface area contributed by atoms with Crippen LogP contribution < -0.4 is 5.32 Å². The largest absolute Gasteiger partial charge is 0.416 e. The zero-order chi connectivity index (χ0) is 20.9. The van der Waals surface area contributed by atoms with Gasteiger partial charge in [-0.1, -0.05) is 12.1 Å². The molecule has 0 spiro atoms. The smallest absolute Gasteiger partial charge is 0.281 e. The van der Waals surface area contributed by atoms with Gasteiger partial charge in [0, 0.05) is 11.3 Å². The average Bonchev–Trinajstić information content (AvgIpc) is 2.64. The number of nitrogens with zero attached hydrogens (tertiary/aromatic N) is 3. The summed E-state index contributed by atoms with van der Waals surface area (Å²) in [5.41, 5.74) is -0.244. The molecule has 11 heteroatoms. The van der Waals surface area contributed by atoms with Gasteiger partial charge in [0.15, 0.2) is 0 Å². The van der Waals surface area contributed by atoms with Crippen LogP contribution in [0.3, 0.4) is 0 Å².